The first kappa shape index (κ1) is 25.7. The zero-order valence-corrected chi connectivity index (χ0v) is 22.0. The largest absolute Gasteiger partial charge is 0.493 e. The average molecular weight is 547 g/mol. The average Bonchev–Trinajstić information content (AvgIpc) is 3.14. The van der Waals surface area contributed by atoms with Crippen molar-refractivity contribution >= 4 is 52.6 Å². The lowest BCUT2D eigenvalue weighted by Gasteiger charge is -2.25. The topological polar surface area (TPSA) is 96.2 Å². The van der Waals surface area contributed by atoms with Gasteiger partial charge in [0.05, 0.1) is 46.1 Å². The first-order valence-corrected chi connectivity index (χ1v) is 12.1. The van der Waals surface area contributed by atoms with E-state index in [1.165, 1.54) is 37.0 Å². The number of allylic oxidation sites excluding steroid dienone is 1. The van der Waals surface area contributed by atoms with Crippen LogP contribution in [0, 0.1) is 0 Å². The standard InChI is InChI=1S/C25H20Cl2N2O6S/c1-12-21(24(32)34-4)22(15-6-8-18(35-13(2)30)19(11-15)33-3)29-23(31)20(36-25(29)28-12)10-14-5-7-16(26)17(27)9-14/h5-11,22H,1-4H3/b20-10+. The third-order valence-corrected chi connectivity index (χ3v) is 7.15. The predicted octanol–water partition coefficient (Wildman–Crippen LogP) is 3.65. The van der Waals surface area contributed by atoms with Gasteiger partial charge in [-0.15, -0.1) is 0 Å². The lowest BCUT2D eigenvalue weighted by Crippen LogP contribution is -2.39. The number of methoxy groups -OCH3 is 2. The molecule has 0 amide bonds. The van der Waals surface area contributed by atoms with Crippen LogP contribution < -0.4 is 24.4 Å². The number of nitrogens with zero attached hydrogens (tertiary/aromatic N) is 2. The molecule has 0 bridgehead atoms. The van der Waals surface area contributed by atoms with Gasteiger partial charge in [0.25, 0.3) is 5.56 Å². The smallest absolute Gasteiger partial charge is 0.338 e. The highest BCUT2D eigenvalue weighted by atomic mass is 35.5. The van der Waals surface area contributed by atoms with Crippen molar-refractivity contribution in [3.63, 3.8) is 0 Å². The van der Waals surface area contributed by atoms with Crippen molar-refractivity contribution < 1.29 is 23.8 Å². The predicted molar refractivity (Wildman–Crippen MR) is 137 cm³/mol. The van der Waals surface area contributed by atoms with Gasteiger partial charge in [-0.25, -0.2) is 9.79 Å². The molecule has 1 aromatic heterocycles. The Morgan fingerprint density at radius 2 is 1.83 bits per heavy atom. The van der Waals surface area contributed by atoms with Crippen molar-refractivity contribution in [2.45, 2.75) is 19.9 Å². The zero-order valence-electron chi connectivity index (χ0n) is 19.6. The summed E-state index contributed by atoms with van der Waals surface area (Å²) >= 11 is 13.3. The molecule has 11 heteroatoms. The number of hydrogen-bond acceptors (Lipinski definition) is 8. The molecular formula is C25H20Cl2N2O6S. The van der Waals surface area contributed by atoms with Gasteiger partial charge >= 0.3 is 11.9 Å². The molecule has 0 saturated carbocycles. The molecule has 0 N–H and O–H groups in total. The molecule has 1 aliphatic heterocycles. The van der Waals surface area contributed by atoms with E-state index in [2.05, 4.69) is 4.99 Å². The third-order valence-electron chi connectivity index (χ3n) is 5.43. The van der Waals surface area contributed by atoms with Crippen molar-refractivity contribution in [3.05, 3.63) is 88.5 Å². The van der Waals surface area contributed by atoms with E-state index in [0.29, 0.717) is 36.2 Å². The molecule has 2 aromatic carbocycles. The van der Waals surface area contributed by atoms with Crippen molar-refractivity contribution in [1.29, 1.82) is 0 Å². The highest BCUT2D eigenvalue weighted by Crippen LogP contribution is 2.36. The molecule has 1 atom stereocenters. The highest BCUT2D eigenvalue weighted by molar-refractivity contribution is 7.07. The van der Waals surface area contributed by atoms with Gasteiger partial charge in [-0.2, -0.15) is 0 Å². The quantitative estimate of drug-likeness (QED) is 0.358. The Morgan fingerprint density at radius 1 is 1.08 bits per heavy atom. The molecule has 36 heavy (non-hydrogen) atoms. The lowest BCUT2D eigenvalue weighted by atomic mass is 9.95. The molecule has 186 valence electrons. The van der Waals surface area contributed by atoms with E-state index in [9.17, 15) is 14.4 Å². The summed E-state index contributed by atoms with van der Waals surface area (Å²) in [6, 6.07) is 9.00. The van der Waals surface area contributed by atoms with Crippen LogP contribution in [-0.2, 0) is 14.3 Å². The number of rotatable bonds is 5. The minimum Gasteiger partial charge on any atom is -0.493 e. The van der Waals surface area contributed by atoms with Crippen molar-refractivity contribution in [1.82, 2.24) is 4.57 Å². The number of thiazole rings is 1. The Balaban J connectivity index is 1.95. The Morgan fingerprint density at radius 3 is 2.47 bits per heavy atom. The molecule has 2 heterocycles. The van der Waals surface area contributed by atoms with Crippen LogP contribution in [0.5, 0.6) is 11.5 Å². The summed E-state index contributed by atoms with van der Waals surface area (Å²) in [4.78, 5) is 42.9. The summed E-state index contributed by atoms with van der Waals surface area (Å²) in [5.74, 6) is -0.661. The van der Waals surface area contributed by atoms with Gasteiger partial charge in [-0.1, -0.05) is 46.7 Å². The van der Waals surface area contributed by atoms with Crippen molar-refractivity contribution in [3.8, 4) is 11.5 Å². The van der Waals surface area contributed by atoms with Crippen LogP contribution in [0.25, 0.3) is 6.08 Å². The van der Waals surface area contributed by atoms with E-state index in [1.54, 1.807) is 49.4 Å². The van der Waals surface area contributed by atoms with Gasteiger partial charge in [0, 0.05) is 6.92 Å². The van der Waals surface area contributed by atoms with Crippen LogP contribution in [0.1, 0.15) is 31.0 Å². The Bertz CT molecular complexity index is 1610. The second-order valence-electron chi connectivity index (χ2n) is 7.75. The van der Waals surface area contributed by atoms with Crippen LogP contribution in [0.3, 0.4) is 0 Å². The molecule has 4 rings (SSSR count). The van der Waals surface area contributed by atoms with Gasteiger partial charge < -0.3 is 14.2 Å². The van der Waals surface area contributed by atoms with Crippen LogP contribution >= 0.6 is 34.5 Å². The van der Waals surface area contributed by atoms with Crippen LogP contribution in [0.2, 0.25) is 10.0 Å². The van der Waals surface area contributed by atoms with Crippen LogP contribution in [-0.4, -0.2) is 30.7 Å². The number of hydrogen-bond donors (Lipinski definition) is 0. The maximum atomic E-state index is 13.6. The molecule has 0 saturated heterocycles. The second-order valence-corrected chi connectivity index (χ2v) is 9.57. The lowest BCUT2D eigenvalue weighted by molar-refractivity contribution is -0.136. The molecule has 1 unspecified atom stereocenters. The van der Waals surface area contributed by atoms with E-state index >= 15 is 0 Å². The number of carbonyl (C=O) groups is 2. The van der Waals surface area contributed by atoms with Crippen LogP contribution in [0.15, 0.2) is 57.5 Å². The van der Waals surface area contributed by atoms with E-state index in [1.807, 2.05) is 0 Å². The van der Waals surface area contributed by atoms with E-state index < -0.39 is 18.0 Å². The first-order valence-electron chi connectivity index (χ1n) is 10.6. The molecule has 0 aliphatic carbocycles. The summed E-state index contributed by atoms with van der Waals surface area (Å²) in [5.41, 5.74) is 1.49. The Labute approximate surface area is 219 Å². The maximum absolute atomic E-state index is 13.6. The Hall–Kier alpha value is -3.40. The van der Waals surface area contributed by atoms with E-state index in [-0.39, 0.29) is 22.6 Å². The summed E-state index contributed by atoms with van der Waals surface area (Å²) in [6.45, 7) is 2.96. The molecule has 8 nitrogen and oxygen atoms in total. The summed E-state index contributed by atoms with van der Waals surface area (Å²) in [7, 11) is 2.69. The van der Waals surface area contributed by atoms with Gasteiger partial charge in [0.2, 0.25) is 0 Å². The van der Waals surface area contributed by atoms with Crippen LogP contribution in [0.4, 0.5) is 0 Å². The minimum absolute atomic E-state index is 0.202. The van der Waals surface area contributed by atoms with Crippen molar-refractivity contribution in [2.75, 3.05) is 14.2 Å². The molecule has 1 aliphatic rings. The third kappa shape index (κ3) is 4.82. The van der Waals surface area contributed by atoms with Crippen molar-refractivity contribution in [2.24, 2.45) is 4.99 Å². The Kier molecular flexibility index (Phi) is 7.35. The maximum Gasteiger partial charge on any atom is 0.338 e. The summed E-state index contributed by atoms with van der Waals surface area (Å²) < 4.78 is 17.5. The fraction of sp³-hybridized carbons (Fsp3) is 0.200. The molecule has 0 radical (unpaired) electrons. The number of ether oxygens (including phenoxy) is 3. The number of halogens is 2. The van der Waals surface area contributed by atoms with Gasteiger partial charge in [0.15, 0.2) is 16.3 Å². The number of benzene rings is 2. The second kappa shape index (κ2) is 10.3. The number of esters is 2. The van der Waals surface area contributed by atoms with E-state index in [4.69, 9.17) is 37.4 Å². The monoisotopic (exact) mass is 546 g/mol. The number of aromatic nitrogens is 1. The normalized spacial score (nSPS) is 15.3. The van der Waals surface area contributed by atoms with Gasteiger partial charge in [-0.05, 0) is 48.4 Å². The van der Waals surface area contributed by atoms with Gasteiger partial charge in [0.1, 0.15) is 0 Å². The van der Waals surface area contributed by atoms with Gasteiger partial charge in [-0.3, -0.25) is 14.2 Å². The molecule has 3 aromatic rings. The first-order chi connectivity index (χ1) is 17.1. The zero-order chi connectivity index (χ0) is 26.1. The number of carbonyl (C=O) groups excluding carboxylic acids is 2. The molecule has 0 spiro atoms. The summed E-state index contributed by atoms with van der Waals surface area (Å²) in [5, 5.41) is 0.764. The highest BCUT2D eigenvalue weighted by Gasteiger charge is 2.33. The fourth-order valence-corrected chi connectivity index (χ4v) is 5.21. The SMILES string of the molecule is COC(=O)C1=C(C)N=c2s/c(=C/c3ccc(Cl)c(Cl)c3)c(=O)n2C1c1ccc(OC(C)=O)c(OC)c1. The minimum atomic E-state index is -0.857. The summed E-state index contributed by atoms with van der Waals surface area (Å²) in [6.07, 6.45) is 1.69. The molecule has 0 fully saturated rings. The van der Waals surface area contributed by atoms with E-state index in [0.717, 1.165) is 0 Å². The fourth-order valence-electron chi connectivity index (χ4n) is 3.85. The molecular weight excluding hydrogens is 527 g/mol. The number of fused-ring (bicyclic) bond motifs is 1.